The number of pyridine rings is 1. The number of halogens is 3. The fraction of sp³-hybridized carbons (Fsp3) is 0.321. The van der Waals surface area contributed by atoms with Gasteiger partial charge < -0.3 is 19.9 Å². The number of alkyl halides is 3. The van der Waals surface area contributed by atoms with Gasteiger partial charge in [-0.3, -0.25) is 0 Å². The molecule has 0 spiro atoms. The van der Waals surface area contributed by atoms with Crippen molar-refractivity contribution in [2.45, 2.75) is 51.0 Å². The van der Waals surface area contributed by atoms with Crippen molar-refractivity contribution in [1.29, 1.82) is 0 Å². The van der Waals surface area contributed by atoms with E-state index in [1.807, 2.05) is 41.2 Å². The summed E-state index contributed by atoms with van der Waals surface area (Å²) in [7, 11) is 1.64. The van der Waals surface area contributed by atoms with Gasteiger partial charge in [0, 0.05) is 48.2 Å². The SMILES string of the molecule is COc1ccc2c(C)cc(N(Cc3ccn(-c4ccc(C(F)(F)F)cc4)c3)[C@H]3CC[C@H](N)C3)nc2c1. The second kappa shape index (κ2) is 9.50. The van der Waals surface area contributed by atoms with E-state index in [0.29, 0.717) is 12.2 Å². The molecule has 0 radical (unpaired) electrons. The van der Waals surface area contributed by atoms with Crippen molar-refractivity contribution in [3.63, 3.8) is 0 Å². The largest absolute Gasteiger partial charge is 0.497 e. The fourth-order valence-electron chi connectivity index (χ4n) is 5.02. The third-order valence-electron chi connectivity index (χ3n) is 6.99. The lowest BCUT2D eigenvalue weighted by Crippen LogP contribution is -2.34. The molecule has 4 aromatic rings. The van der Waals surface area contributed by atoms with Gasteiger partial charge in [-0.25, -0.2) is 4.98 Å². The number of nitrogens with zero attached hydrogens (tertiary/aromatic N) is 3. The van der Waals surface area contributed by atoms with Crippen LogP contribution in [0.2, 0.25) is 0 Å². The van der Waals surface area contributed by atoms with E-state index in [4.69, 9.17) is 15.5 Å². The molecule has 2 atom stereocenters. The maximum Gasteiger partial charge on any atom is 0.416 e. The van der Waals surface area contributed by atoms with Gasteiger partial charge in [-0.2, -0.15) is 13.2 Å². The zero-order valence-electron chi connectivity index (χ0n) is 20.3. The van der Waals surface area contributed by atoms with Gasteiger partial charge in [-0.1, -0.05) is 0 Å². The second-order valence-electron chi connectivity index (χ2n) is 9.51. The molecule has 0 amide bonds. The summed E-state index contributed by atoms with van der Waals surface area (Å²) in [6, 6.07) is 15.6. The van der Waals surface area contributed by atoms with Gasteiger partial charge in [0.05, 0.1) is 18.2 Å². The molecule has 1 fully saturated rings. The van der Waals surface area contributed by atoms with Gasteiger partial charge in [0.2, 0.25) is 0 Å². The van der Waals surface area contributed by atoms with Crippen molar-refractivity contribution in [3.8, 4) is 11.4 Å². The number of nitrogens with two attached hydrogens (primary N) is 1. The zero-order valence-corrected chi connectivity index (χ0v) is 20.3. The van der Waals surface area contributed by atoms with Crippen LogP contribution in [0.3, 0.4) is 0 Å². The van der Waals surface area contributed by atoms with Crippen molar-refractivity contribution < 1.29 is 17.9 Å². The maximum atomic E-state index is 12.9. The lowest BCUT2D eigenvalue weighted by molar-refractivity contribution is -0.137. The molecule has 0 bridgehead atoms. The molecule has 2 aromatic heterocycles. The predicted octanol–water partition coefficient (Wildman–Crippen LogP) is 6.25. The average molecular weight is 495 g/mol. The molecule has 188 valence electrons. The quantitative estimate of drug-likeness (QED) is 0.344. The number of benzene rings is 2. The number of hydrogen-bond acceptors (Lipinski definition) is 4. The molecular formula is C28H29F3N4O. The van der Waals surface area contributed by atoms with Crippen LogP contribution in [0.15, 0.2) is 67.0 Å². The van der Waals surface area contributed by atoms with E-state index in [9.17, 15) is 13.2 Å². The Labute approximate surface area is 208 Å². The molecule has 1 aliphatic rings. The standard InChI is InChI=1S/C28H29F3N4O/c1-18-13-27(33-26-15-24(36-2)9-10-25(18)26)35(23-8-5-21(32)14-23)17-19-11-12-34(16-19)22-6-3-20(4-7-22)28(29,30)31/h3-4,6-7,9-13,15-16,21,23H,5,8,14,17,32H2,1-2H3/t21-,23-/m0/s1. The fourth-order valence-corrected chi connectivity index (χ4v) is 5.02. The Morgan fingerprint density at radius 3 is 2.53 bits per heavy atom. The number of aryl methyl sites for hydroxylation is 1. The van der Waals surface area contributed by atoms with E-state index in [1.54, 1.807) is 7.11 Å². The lowest BCUT2D eigenvalue weighted by atomic mass is 10.1. The number of hydrogen-bond donors (Lipinski definition) is 1. The van der Waals surface area contributed by atoms with Crippen LogP contribution < -0.4 is 15.4 Å². The molecule has 2 aromatic carbocycles. The van der Waals surface area contributed by atoms with Crippen molar-refractivity contribution >= 4 is 16.7 Å². The molecule has 0 unspecified atom stereocenters. The van der Waals surface area contributed by atoms with Crippen LogP contribution in [0.5, 0.6) is 5.75 Å². The Hall–Kier alpha value is -3.52. The van der Waals surface area contributed by atoms with Crippen LogP contribution in [0, 0.1) is 6.92 Å². The molecule has 2 heterocycles. The Morgan fingerprint density at radius 2 is 1.86 bits per heavy atom. The van der Waals surface area contributed by atoms with Crippen LogP contribution in [-0.4, -0.2) is 28.7 Å². The highest BCUT2D eigenvalue weighted by atomic mass is 19.4. The van der Waals surface area contributed by atoms with Crippen molar-refractivity contribution in [2.75, 3.05) is 12.0 Å². The summed E-state index contributed by atoms with van der Waals surface area (Å²) < 4.78 is 46.1. The van der Waals surface area contributed by atoms with Crippen LogP contribution in [-0.2, 0) is 12.7 Å². The number of anilines is 1. The highest BCUT2D eigenvalue weighted by Gasteiger charge is 2.30. The molecule has 36 heavy (non-hydrogen) atoms. The molecular weight excluding hydrogens is 465 g/mol. The number of rotatable bonds is 6. The zero-order chi connectivity index (χ0) is 25.4. The van der Waals surface area contributed by atoms with Gasteiger partial charge in [0.25, 0.3) is 0 Å². The number of methoxy groups -OCH3 is 1. The van der Waals surface area contributed by atoms with E-state index < -0.39 is 11.7 Å². The molecule has 1 aliphatic carbocycles. The Kier molecular flexibility index (Phi) is 6.38. The summed E-state index contributed by atoms with van der Waals surface area (Å²) >= 11 is 0. The van der Waals surface area contributed by atoms with Gasteiger partial charge in [-0.15, -0.1) is 0 Å². The summed E-state index contributed by atoms with van der Waals surface area (Å²) in [5.41, 5.74) is 9.34. The van der Waals surface area contributed by atoms with E-state index in [2.05, 4.69) is 17.9 Å². The second-order valence-corrected chi connectivity index (χ2v) is 9.51. The number of fused-ring (bicyclic) bond motifs is 1. The summed E-state index contributed by atoms with van der Waals surface area (Å²) in [6.07, 6.45) is 2.32. The molecule has 0 saturated heterocycles. The first kappa shape index (κ1) is 24.2. The molecule has 2 N–H and O–H groups in total. The van der Waals surface area contributed by atoms with Gasteiger partial charge in [0.1, 0.15) is 11.6 Å². The Bertz CT molecular complexity index is 1360. The van der Waals surface area contributed by atoms with E-state index in [1.165, 1.54) is 12.1 Å². The van der Waals surface area contributed by atoms with Crippen LogP contribution in [0.25, 0.3) is 16.6 Å². The molecule has 5 rings (SSSR count). The summed E-state index contributed by atoms with van der Waals surface area (Å²) in [5.74, 6) is 1.64. The predicted molar refractivity (Wildman–Crippen MR) is 136 cm³/mol. The Balaban J connectivity index is 1.46. The van der Waals surface area contributed by atoms with Crippen LogP contribution in [0.1, 0.15) is 36.0 Å². The smallest absolute Gasteiger partial charge is 0.416 e. The summed E-state index contributed by atoms with van der Waals surface area (Å²) in [6.45, 7) is 2.70. The maximum absolute atomic E-state index is 12.9. The highest BCUT2D eigenvalue weighted by molar-refractivity contribution is 5.85. The third-order valence-corrected chi connectivity index (χ3v) is 6.99. The minimum Gasteiger partial charge on any atom is -0.497 e. The van der Waals surface area contributed by atoms with Crippen LogP contribution in [0.4, 0.5) is 19.0 Å². The lowest BCUT2D eigenvalue weighted by Gasteiger charge is -2.30. The minimum atomic E-state index is -4.35. The van der Waals surface area contributed by atoms with E-state index in [-0.39, 0.29) is 12.1 Å². The van der Waals surface area contributed by atoms with E-state index >= 15 is 0 Å². The first-order valence-corrected chi connectivity index (χ1v) is 12.0. The molecule has 1 saturated carbocycles. The summed E-state index contributed by atoms with van der Waals surface area (Å²) in [5, 5.41) is 1.08. The molecule has 0 aliphatic heterocycles. The third kappa shape index (κ3) is 4.91. The number of ether oxygens (including phenoxy) is 1. The first-order valence-electron chi connectivity index (χ1n) is 12.0. The monoisotopic (exact) mass is 494 g/mol. The Morgan fingerprint density at radius 1 is 1.08 bits per heavy atom. The molecule has 8 heteroatoms. The van der Waals surface area contributed by atoms with Crippen molar-refractivity contribution in [1.82, 2.24) is 9.55 Å². The van der Waals surface area contributed by atoms with E-state index in [0.717, 1.165) is 65.0 Å². The van der Waals surface area contributed by atoms with Crippen LogP contribution >= 0.6 is 0 Å². The van der Waals surface area contributed by atoms with Crippen molar-refractivity contribution in [2.24, 2.45) is 5.73 Å². The average Bonchev–Trinajstić information content (AvgIpc) is 3.50. The first-order chi connectivity index (χ1) is 17.2. The summed E-state index contributed by atoms with van der Waals surface area (Å²) in [4.78, 5) is 7.31. The molecule has 5 nitrogen and oxygen atoms in total. The van der Waals surface area contributed by atoms with Gasteiger partial charge in [-0.05, 0) is 85.8 Å². The van der Waals surface area contributed by atoms with Gasteiger partial charge >= 0.3 is 6.18 Å². The minimum absolute atomic E-state index is 0.163. The topological polar surface area (TPSA) is 56.3 Å². The van der Waals surface area contributed by atoms with Crippen molar-refractivity contribution in [3.05, 3.63) is 83.7 Å². The highest BCUT2D eigenvalue weighted by Crippen LogP contribution is 2.33. The van der Waals surface area contributed by atoms with Gasteiger partial charge in [0.15, 0.2) is 0 Å². The number of aromatic nitrogens is 2. The normalized spacial score (nSPS) is 18.1.